The minimum absolute atomic E-state index is 0.000668. The number of carbonyl (C=O) groups is 2. The lowest BCUT2D eigenvalue weighted by Gasteiger charge is -2.34. The van der Waals surface area contributed by atoms with Gasteiger partial charge in [0.1, 0.15) is 11.8 Å². The maximum atomic E-state index is 14.0. The first-order chi connectivity index (χ1) is 20.2. The van der Waals surface area contributed by atoms with Gasteiger partial charge in [0.15, 0.2) is 0 Å². The molecule has 232 valence electrons. The molecule has 0 saturated heterocycles. The van der Waals surface area contributed by atoms with Crippen molar-refractivity contribution in [2.45, 2.75) is 58.2 Å². The monoisotopic (exact) mass is 647 g/mol. The van der Waals surface area contributed by atoms with E-state index in [2.05, 4.69) is 5.32 Å². The first kappa shape index (κ1) is 34.2. The zero-order valence-corrected chi connectivity index (χ0v) is 27.5. The number of methoxy groups -OCH3 is 1. The van der Waals surface area contributed by atoms with E-state index in [4.69, 9.17) is 27.9 Å². The summed E-state index contributed by atoms with van der Waals surface area (Å²) < 4.78 is 31.8. The van der Waals surface area contributed by atoms with Gasteiger partial charge in [0.2, 0.25) is 21.8 Å². The predicted molar refractivity (Wildman–Crippen MR) is 173 cm³/mol. The largest absolute Gasteiger partial charge is 0.497 e. The van der Waals surface area contributed by atoms with E-state index in [-0.39, 0.29) is 44.2 Å². The molecule has 1 atom stereocenters. The van der Waals surface area contributed by atoms with Crippen LogP contribution in [0, 0.1) is 0 Å². The molecule has 0 saturated carbocycles. The molecule has 3 aromatic carbocycles. The number of amides is 2. The first-order valence-electron chi connectivity index (χ1n) is 13.9. The highest BCUT2D eigenvalue weighted by molar-refractivity contribution is 7.92. The van der Waals surface area contributed by atoms with Gasteiger partial charge in [-0.3, -0.25) is 13.9 Å². The summed E-state index contributed by atoms with van der Waals surface area (Å²) in [5, 5.41) is 3.77. The van der Waals surface area contributed by atoms with Crippen molar-refractivity contribution >= 4 is 50.7 Å². The highest BCUT2D eigenvalue weighted by Crippen LogP contribution is 2.28. The standard InChI is InChI=1S/C32H39Cl2N3O5S/c1-32(2,3)35-31(39)29(21-23-11-7-6-8-12-23)36(22-26-27(33)13-9-14-28(26)34)30(38)15-10-20-37(43(5,40)41)24-16-18-25(42-4)19-17-24/h6-9,11-14,16-19,29H,10,15,20-22H2,1-5H3,(H,35,39)/t29-/m0/s1. The maximum Gasteiger partial charge on any atom is 0.243 e. The molecule has 3 aromatic rings. The quantitative estimate of drug-likeness (QED) is 0.242. The highest BCUT2D eigenvalue weighted by Gasteiger charge is 2.33. The van der Waals surface area contributed by atoms with E-state index in [9.17, 15) is 18.0 Å². The van der Waals surface area contributed by atoms with E-state index in [0.29, 0.717) is 27.0 Å². The van der Waals surface area contributed by atoms with Crippen LogP contribution >= 0.6 is 23.2 Å². The predicted octanol–water partition coefficient (Wildman–Crippen LogP) is 6.10. The Bertz CT molecular complexity index is 1470. The van der Waals surface area contributed by atoms with Crippen LogP contribution in [0.4, 0.5) is 5.69 Å². The van der Waals surface area contributed by atoms with Gasteiger partial charge in [-0.15, -0.1) is 0 Å². The van der Waals surface area contributed by atoms with Gasteiger partial charge in [-0.25, -0.2) is 8.42 Å². The molecule has 0 spiro atoms. The Hall–Kier alpha value is -3.27. The minimum Gasteiger partial charge on any atom is -0.497 e. The third kappa shape index (κ3) is 10.2. The van der Waals surface area contributed by atoms with Gasteiger partial charge >= 0.3 is 0 Å². The van der Waals surface area contributed by atoms with Crippen LogP contribution in [0.15, 0.2) is 72.8 Å². The molecule has 0 bridgehead atoms. The van der Waals surface area contributed by atoms with Gasteiger partial charge in [-0.05, 0) is 69.2 Å². The lowest BCUT2D eigenvalue weighted by Crippen LogP contribution is -2.54. The Labute approximate surface area is 265 Å². The van der Waals surface area contributed by atoms with Crippen LogP contribution in [0.1, 0.15) is 44.7 Å². The number of nitrogens with zero attached hydrogens (tertiary/aromatic N) is 2. The summed E-state index contributed by atoms with van der Waals surface area (Å²) in [6, 6.07) is 20.3. The van der Waals surface area contributed by atoms with E-state index in [1.54, 1.807) is 42.5 Å². The fraction of sp³-hybridized carbons (Fsp3) is 0.375. The van der Waals surface area contributed by atoms with Crippen molar-refractivity contribution in [3.8, 4) is 5.75 Å². The molecule has 2 amide bonds. The second kappa shape index (κ2) is 14.9. The molecule has 43 heavy (non-hydrogen) atoms. The molecule has 0 aliphatic heterocycles. The molecule has 0 fully saturated rings. The Kier molecular flexibility index (Phi) is 11.9. The van der Waals surface area contributed by atoms with Crippen molar-refractivity contribution in [2.75, 3.05) is 24.2 Å². The van der Waals surface area contributed by atoms with Gasteiger partial charge in [-0.1, -0.05) is 59.6 Å². The van der Waals surface area contributed by atoms with Crippen molar-refractivity contribution in [3.05, 3.63) is 94.0 Å². The molecule has 1 N–H and O–H groups in total. The molecule has 0 aliphatic carbocycles. The molecule has 0 aliphatic rings. The zero-order chi connectivity index (χ0) is 31.8. The number of nitrogens with one attached hydrogen (secondary N) is 1. The van der Waals surface area contributed by atoms with Crippen molar-refractivity contribution in [1.82, 2.24) is 10.2 Å². The van der Waals surface area contributed by atoms with E-state index in [0.717, 1.165) is 11.8 Å². The summed E-state index contributed by atoms with van der Waals surface area (Å²) in [4.78, 5) is 29.2. The summed E-state index contributed by atoms with van der Waals surface area (Å²) >= 11 is 13.0. The summed E-state index contributed by atoms with van der Waals surface area (Å²) in [5.41, 5.74) is 1.32. The number of ether oxygens (including phenoxy) is 1. The Morgan fingerprint density at radius 3 is 2.07 bits per heavy atom. The second-order valence-electron chi connectivity index (χ2n) is 11.3. The molecule has 0 radical (unpaired) electrons. The summed E-state index contributed by atoms with van der Waals surface area (Å²) in [5.74, 6) is -0.0488. The number of sulfonamides is 1. The molecular weight excluding hydrogens is 609 g/mol. The Balaban J connectivity index is 1.94. The maximum absolute atomic E-state index is 14.0. The third-order valence-electron chi connectivity index (χ3n) is 6.67. The number of hydrogen-bond acceptors (Lipinski definition) is 5. The van der Waals surface area contributed by atoms with Crippen LogP contribution < -0.4 is 14.4 Å². The van der Waals surface area contributed by atoms with E-state index >= 15 is 0 Å². The molecule has 0 heterocycles. The van der Waals surface area contributed by atoms with Crippen molar-refractivity contribution in [3.63, 3.8) is 0 Å². The van der Waals surface area contributed by atoms with Crippen molar-refractivity contribution in [1.29, 1.82) is 0 Å². The molecule has 3 rings (SSSR count). The first-order valence-corrected chi connectivity index (χ1v) is 16.5. The van der Waals surface area contributed by atoms with Crippen LogP contribution in [-0.4, -0.2) is 56.6 Å². The van der Waals surface area contributed by atoms with Crippen LogP contribution in [0.2, 0.25) is 10.0 Å². The third-order valence-corrected chi connectivity index (χ3v) is 8.57. The number of hydrogen-bond donors (Lipinski definition) is 1. The van der Waals surface area contributed by atoms with Gasteiger partial charge < -0.3 is 15.0 Å². The highest BCUT2D eigenvalue weighted by atomic mass is 35.5. The van der Waals surface area contributed by atoms with Crippen LogP contribution in [-0.2, 0) is 32.6 Å². The summed E-state index contributed by atoms with van der Waals surface area (Å²) in [7, 11) is -2.11. The van der Waals surface area contributed by atoms with Crippen LogP contribution in [0.3, 0.4) is 0 Å². The number of anilines is 1. The lowest BCUT2D eigenvalue weighted by molar-refractivity contribution is -0.142. The smallest absolute Gasteiger partial charge is 0.243 e. The second-order valence-corrected chi connectivity index (χ2v) is 14.0. The number of rotatable bonds is 13. The lowest BCUT2D eigenvalue weighted by atomic mass is 10.00. The normalized spacial score (nSPS) is 12.3. The number of benzene rings is 3. The van der Waals surface area contributed by atoms with Gasteiger partial charge in [0, 0.05) is 47.1 Å². The van der Waals surface area contributed by atoms with Crippen molar-refractivity contribution < 1.29 is 22.7 Å². The van der Waals surface area contributed by atoms with Gasteiger partial charge in [-0.2, -0.15) is 0 Å². The minimum atomic E-state index is -3.64. The van der Waals surface area contributed by atoms with E-state index < -0.39 is 21.6 Å². The summed E-state index contributed by atoms with van der Waals surface area (Å²) in [6.07, 6.45) is 1.58. The summed E-state index contributed by atoms with van der Waals surface area (Å²) in [6.45, 7) is 5.69. The SMILES string of the molecule is COc1ccc(N(CCCC(=O)N(Cc2c(Cl)cccc2Cl)[C@@H](Cc2ccccc2)C(=O)NC(C)(C)C)S(C)(=O)=O)cc1. The topological polar surface area (TPSA) is 96.0 Å². The Morgan fingerprint density at radius 1 is 0.930 bits per heavy atom. The van der Waals surface area contributed by atoms with Crippen molar-refractivity contribution in [2.24, 2.45) is 0 Å². The fourth-order valence-corrected chi connectivity index (χ4v) is 6.10. The van der Waals surface area contributed by atoms with Crippen LogP contribution in [0.25, 0.3) is 0 Å². The van der Waals surface area contributed by atoms with Crippen LogP contribution in [0.5, 0.6) is 5.75 Å². The zero-order valence-electron chi connectivity index (χ0n) is 25.1. The Morgan fingerprint density at radius 2 is 1.53 bits per heavy atom. The van der Waals surface area contributed by atoms with Gasteiger partial charge in [0.05, 0.1) is 19.1 Å². The molecular formula is C32H39Cl2N3O5S. The number of halogens is 2. The molecule has 11 heteroatoms. The molecule has 8 nitrogen and oxygen atoms in total. The van der Waals surface area contributed by atoms with Gasteiger partial charge in [0.25, 0.3) is 0 Å². The molecule has 0 unspecified atom stereocenters. The average Bonchev–Trinajstić information content (AvgIpc) is 2.93. The fourth-order valence-electron chi connectivity index (χ4n) is 4.61. The average molecular weight is 649 g/mol. The van der Waals surface area contributed by atoms with E-state index in [1.807, 2.05) is 51.1 Å². The molecule has 0 aromatic heterocycles. The number of carbonyl (C=O) groups excluding carboxylic acids is 2. The van der Waals surface area contributed by atoms with E-state index in [1.165, 1.54) is 16.3 Å².